The Bertz CT molecular complexity index is 894. The minimum absolute atomic E-state index is 0.586. The Morgan fingerprint density at radius 1 is 1.12 bits per heavy atom. The zero-order valence-corrected chi connectivity index (χ0v) is 20.5. The van der Waals surface area contributed by atoms with Gasteiger partial charge in [0, 0.05) is 52.0 Å². The van der Waals surface area contributed by atoms with Gasteiger partial charge in [0.05, 0.1) is 25.4 Å². The van der Waals surface area contributed by atoms with E-state index in [9.17, 15) is 5.11 Å². The number of morpholine rings is 1. The minimum atomic E-state index is -0.752. The van der Waals surface area contributed by atoms with Gasteiger partial charge in [0.1, 0.15) is 12.4 Å². The molecule has 1 aromatic heterocycles. The maximum Gasteiger partial charge on any atom is 0.161 e. The summed E-state index contributed by atoms with van der Waals surface area (Å²) in [6.45, 7) is 10.3. The van der Waals surface area contributed by atoms with Crippen molar-refractivity contribution in [1.82, 2.24) is 14.8 Å². The summed E-state index contributed by atoms with van der Waals surface area (Å²) < 4.78 is 17.3. The van der Waals surface area contributed by atoms with E-state index in [1.54, 1.807) is 6.20 Å². The number of anilines is 1. The Labute approximate surface area is 203 Å². The molecule has 2 aliphatic heterocycles. The molecule has 2 aliphatic rings. The number of nitrogens with zero attached hydrogens (tertiary/aromatic N) is 4. The Morgan fingerprint density at radius 2 is 1.97 bits per heavy atom. The second kappa shape index (κ2) is 11.8. The van der Waals surface area contributed by atoms with Crippen LogP contribution in [0.5, 0.6) is 11.5 Å². The summed E-state index contributed by atoms with van der Waals surface area (Å²) >= 11 is 0. The van der Waals surface area contributed by atoms with Gasteiger partial charge in [-0.05, 0) is 50.2 Å². The smallest absolute Gasteiger partial charge is 0.161 e. The Balaban J connectivity index is 1.30. The molecule has 0 bridgehead atoms. The molecule has 8 nitrogen and oxygen atoms in total. The van der Waals surface area contributed by atoms with Crippen molar-refractivity contribution in [2.24, 2.45) is 0 Å². The molecular weight excluding hydrogens is 432 g/mol. The highest BCUT2D eigenvalue weighted by atomic mass is 16.5. The van der Waals surface area contributed by atoms with Crippen LogP contribution in [0.3, 0.4) is 0 Å². The highest BCUT2D eigenvalue weighted by Crippen LogP contribution is 2.30. The van der Waals surface area contributed by atoms with Crippen molar-refractivity contribution in [3.05, 3.63) is 48.2 Å². The maximum absolute atomic E-state index is 11.2. The summed E-state index contributed by atoms with van der Waals surface area (Å²) in [7, 11) is 2.05. The topological polar surface area (TPSA) is 70.5 Å². The van der Waals surface area contributed by atoms with E-state index in [2.05, 4.69) is 38.9 Å². The van der Waals surface area contributed by atoms with Gasteiger partial charge in [0.2, 0.25) is 0 Å². The van der Waals surface area contributed by atoms with Gasteiger partial charge in [-0.1, -0.05) is 12.1 Å². The summed E-state index contributed by atoms with van der Waals surface area (Å²) in [5.41, 5.74) is 0.382. The number of likely N-dealkylation sites (N-methyl/N-ethyl adjacent to an activating group) is 1. The number of aromatic nitrogens is 1. The van der Waals surface area contributed by atoms with Crippen LogP contribution in [0.1, 0.15) is 18.9 Å². The van der Waals surface area contributed by atoms with Crippen molar-refractivity contribution in [1.29, 1.82) is 0 Å². The zero-order chi connectivity index (χ0) is 23.8. The average Bonchev–Trinajstić information content (AvgIpc) is 3.23. The third-order valence-electron chi connectivity index (χ3n) is 6.40. The predicted octanol–water partition coefficient (Wildman–Crippen LogP) is 2.26. The molecule has 8 heteroatoms. The number of β-amino-alcohol motifs (C(OH)–C–C–N with tert-alkyl or cyclic N) is 1. The first-order valence-electron chi connectivity index (χ1n) is 12.3. The van der Waals surface area contributed by atoms with Crippen LogP contribution in [-0.2, 0) is 11.3 Å². The van der Waals surface area contributed by atoms with Gasteiger partial charge in [0.25, 0.3) is 0 Å². The van der Waals surface area contributed by atoms with Crippen molar-refractivity contribution in [2.45, 2.75) is 25.5 Å². The van der Waals surface area contributed by atoms with E-state index < -0.39 is 5.60 Å². The first kappa shape index (κ1) is 24.7. The molecule has 2 aromatic rings. The quantitative estimate of drug-likeness (QED) is 0.536. The van der Waals surface area contributed by atoms with Gasteiger partial charge in [-0.3, -0.25) is 9.80 Å². The SMILES string of the molecule is CCOc1cc(CN(C)CC2(O)CCN(c3ccccn3)C2)ccc1OCCN1CCOCC1. The third-order valence-corrected chi connectivity index (χ3v) is 6.40. The van der Waals surface area contributed by atoms with Crippen molar-refractivity contribution in [2.75, 3.05) is 77.6 Å². The highest BCUT2D eigenvalue weighted by molar-refractivity contribution is 5.43. The molecule has 0 spiro atoms. The van der Waals surface area contributed by atoms with Crippen molar-refractivity contribution in [3.63, 3.8) is 0 Å². The van der Waals surface area contributed by atoms with Gasteiger partial charge >= 0.3 is 0 Å². The maximum atomic E-state index is 11.2. The van der Waals surface area contributed by atoms with Gasteiger partial charge in [-0.15, -0.1) is 0 Å². The molecule has 0 aliphatic carbocycles. The van der Waals surface area contributed by atoms with E-state index in [1.807, 2.05) is 31.2 Å². The number of aliphatic hydroxyl groups is 1. The van der Waals surface area contributed by atoms with Crippen molar-refractivity contribution < 1.29 is 19.3 Å². The summed E-state index contributed by atoms with van der Waals surface area (Å²) in [5, 5.41) is 11.2. The highest BCUT2D eigenvalue weighted by Gasteiger charge is 2.37. The molecule has 2 fully saturated rings. The van der Waals surface area contributed by atoms with Crippen LogP contribution >= 0.6 is 0 Å². The Morgan fingerprint density at radius 3 is 2.74 bits per heavy atom. The predicted molar refractivity (Wildman–Crippen MR) is 133 cm³/mol. The van der Waals surface area contributed by atoms with Gasteiger partial charge < -0.3 is 24.2 Å². The van der Waals surface area contributed by atoms with Gasteiger partial charge in [-0.2, -0.15) is 0 Å². The summed E-state index contributed by atoms with van der Waals surface area (Å²) in [4.78, 5) is 11.1. The van der Waals surface area contributed by atoms with Gasteiger partial charge in [-0.25, -0.2) is 4.98 Å². The number of rotatable bonds is 11. The van der Waals surface area contributed by atoms with Crippen LogP contribution in [0.25, 0.3) is 0 Å². The van der Waals surface area contributed by atoms with Gasteiger partial charge in [0.15, 0.2) is 11.5 Å². The van der Waals surface area contributed by atoms with Crippen LogP contribution in [0.2, 0.25) is 0 Å². The normalized spacial score (nSPS) is 21.2. The lowest BCUT2D eigenvalue weighted by molar-refractivity contribution is 0.0279. The lowest BCUT2D eigenvalue weighted by Crippen LogP contribution is -2.43. The summed E-state index contributed by atoms with van der Waals surface area (Å²) in [6, 6.07) is 12.0. The molecule has 1 unspecified atom stereocenters. The fraction of sp³-hybridized carbons (Fsp3) is 0.577. The lowest BCUT2D eigenvalue weighted by atomic mass is 10.0. The number of benzene rings is 1. The average molecular weight is 471 g/mol. The zero-order valence-electron chi connectivity index (χ0n) is 20.5. The van der Waals surface area contributed by atoms with E-state index in [1.165, 1.54) is 0 Å². The second-order valence-electron chi connectivity index (χ2n) is 9.27. The molecule has 2 saturated heterocycles. The van der Waals surface area contributed by atoms with Crippen LogP contribution in [-0.4, -0.2) is 98.2 Å². The largest absolute Gasteiger partial charge is 0.490 e. The minimum Gasteiger partial charge on any atom is -0.490 e. The van der Waals surface area contributed by atoms with Crippen LogP contribution in [0.15, 0.2) is 42.6 Å². The first-order chi connectivity index (χ1) is 16.5. The summed E-state index contributed by atoms with van der Waals surface area (Å²) in [5.74, 6) is 2.48. The number of hydrogen-bond acceptors (Lipinski definition) is 8. The van der Waals surface area contributed by atoms with Crippen molar-refractivity contribution >= 4 is 5.82 Å². The Kier molecular flexibility index (Phi) is 8.61. The molecule has 34 heavy (non-hydrogen) atoms. The number of pyridine rings is 1. The first-order valence-corrected chi connectivity index (χ1v) is 12.3. The van der Waals surface area contributed by atoms with E-state index in [0.29, 0.717) is 26.3 Å². The molecule has 0 radical (unpaired) electrons. The lowest BCUT2D eigenvalue weighted by Gasteiger charge is -2.29. The van der Waals surface area contributed by atoms with Crippen molar-refractivity contribution in [3.8, 4) is 11.5 Å². The fourth-order valence-electron chi connectivity index (χ4n) is 4.74. The Hall–Kier alpha value is -2.39. The van der Waals surface area contributed by atoms with E-state index in [4.69, 9.17) is 14.2 Å². The van der Waals surface area contributed by atoms with Crippen LogP contribution in [0.4, 0.5) is 5.82 Å². The molecular formula is C26H38N4O4. The second-order valence-corrected chi connectivity index (χ2v) is 9.27. The molecule has 186 valence electrons. The molecule has 1 atom stereocenters. The monoisotopic (exact) mass is 470 g/mol. The van der Waals surface area contributed by atoms with E-state index >= 15 is 0 Å². The molecule has 3 heterocycles. The molecule has 0 saturated carbocycles. The molecule has 0 amide bonds. The molecule has 4 rings (SSSR count). The standard InChI is InChI=1S/C26H38N4O4/c1-3-33-24-18-22(7-8-23(24)34-17-14-29-12-15-32-16-13-29)19-28(2)20-26(31)9-11-30(21-26)25-6-4-5-10-27-25/h4-8,10,18,31H,3,9,11-17,19-21H2,1-2H3. The molecule has 1 N–H and O–H groups in total. The van der Waals surface area contributed by atoms with Crippen LogP contribution < -0.4 is 14.4 Å². The molecule has 1 aromatic carbocycles. The third kappa shape index (κ3) is 6.82. The van der Waals surface area contributed by atoms with Crippen LogP contribution in [0, 0.1) is 0 Å². The number of ether oxygens (including phenoxy) is 3. The summed E-state index contributed by atoms with van der Waals surface area (Å²) in [6.07, 6.45) is 2.53. The number of hydrogen-bond donors (Lipinski definition) is 1. The fourth-order valence-corrected chi connectivity index (χ4v) is 4.74. The van der Waals surface area contributed by atoms with E-state index in [-0.39, 0.29) is 0 Å². The van der Waals surface area contributed by atoms with E-state index in [0.717, 1.165) is 75.2 Å².